The highest BCUT2D eigenvalue weighted by Gasteiger charge is 2.17. The number of benzene rings is 1. The van der Waals surface area contributed by atoms with Gasteiger partial charge in [0.1, 0.15) is 0 Å². The number of hydrogen-bond acceptors (Lipinski definition) is 3. The Morgan fingerprint density at radius 3 is 2.24 bits per heavy atom. The van der Waals surface area contributed by atoms with Crippen LogP contribution in [0.25, 0.3) is 0 Å². The summed E-state index contributed by atoms with van der Waals surface area (Å²) in [5.41, 5.74) is 0.975. The minimum atomic E-state index is -3.67. The Labute approximate surface area is 131 Å². The van der Waals surface area contributed by atoms with Crippen molar-refractivity contribution in [3.05, 3.63) is 29.8 Å². The third kappa shape index (κ3) is 5.30. The molecule has 0 radical (unpaired) electrons. The van der Waals surface area contributed by atoms with Gasteiger partial charge < -0.3 is 4.90 Å². The summed E-state index contributed by atoms with van der Waals surface area (Å²) in [6.45, 7) is 4.60. The molecule has 0 fully saturated rings. The molecule has 0 spiro atoms. The number of halogens is 1. The fourth-order valence-electron chi connectivity index (χ4n) is 1.87. The summed E-state index contributed by atoms with van der Waals surface area (Å²) >= 11 is 5.63. The minimum absolute atomic E-state index is 0.146. The highest BCUT2D eigenvalue weighted by Crippen LogP contribution is 2.11. The fourth-order valence-corrected chi connectivity index (χ4v) is 3.07. The zero-order valence-corrected chi connectivity index (χ0v) is 13.9. The maximum absolute atomic E-state index is 12.1. The lowest BCUT2D eigenvalue weighted by molar-refractivity contribution is -0.129. The number of nitrogens with zero attached hydrogens (tertiary/aromatic N) is 1. The van der Waals surface area contributed by atoms with Crippen molar-refractivity contribution in [2.45, 2.75) is 25.2 Å². The molecule has 0 saturated carbocycles. The smallest absolute Gasteiger partial charge is 0.241 e. The number of hydrogen-bond donors (Lipinski definition) is 1. The molecule has 118 valence electrons. The number of carbonyl (C=O) groups is 1. The Bertz CT molecular complexity index is 554. The first-order valence-corrected chi connectivity index (χ1v) is 8.88. The molecule has 1 rings (SSSR count). The van der Waals surface area contributed by atoms with E-state index >= 15 is 0 Å². The molecule has 0 unspecified atom stereocenters. The van der Waals surface area contributed by atoms with Gasteiger partial charge in [-0.1, -0.05) is 12.1 Å². The Morgan fingerprint density at radius 1 is 1.19 bits per heavy atom. The molecule has 0 aromatic heterocycles. The van der Waals surface area contributed by atoms with Crippen LogP contribution in [0, 0.1) is 0 Å². The first-order valence-electron chi connectivity index (χ1n) is 6.87. The van der Waals surface area contributed by atoms with Gasteiger partial charge in [0.15, 0.2) is 0 Å². The maximum atomic E-state index is 12.1. The second kappa shape index (κ2) is 8.36. The first kappa shape index (κ1) is 17.9. The average Bonchev–Trinajstić information content (AvgIpc) is 2.47. The van der Waals surface area contributed by atoms with Crippen molar-refractivity contribution in [1.82, 2.24) is 9.62 Å². The maximum Gasteiger partial charge on any atom is 0.241 e. The van der Waals surface area contributed by atoms with Gasteiger partial charge in [0.05, 0.1) is 11.4 Å². The van der Waals surface area contributed by atoms with E-state index in [1.807, 2.05) is 13.8 Å². The molecule has 0 atom stereocenters. The number of nitrogens with one attached hydrogen (secondary N) is 1. The van der Waals surface area contributed by atoms with E-state index in [1.165, 1.54) is 12.1 Å². The molecule has 0 aliphatic heterocycles. The lowest BCUT2D eigenvalue weighted by Gasteiger charge is -2.18. The topological polar surface area (TPSA) is 66.5 Å². The zero-order valence-electron chi connectivity index (χ0n) is 12.3. The van der Waals surface area contributed by atoms with E-state index in [4.69, 9.17) is 11.6 Å². The summed E-state index contributed by atoms with van der Waals surface area (Å²) in [6.07, 6.45) is 0.690. The third-order valence-corrected chi connectivity index (χ3v) is 4.75. The van der Waals surface area contributed by atoms with Crippen molar-refractivity contribution in [3.63, 3.8) is 0 Å². The predicted octanol–water partition coefficient (Wildman–Crippen LogP) is 1.61. The van der Waals surface area contributed by atoms with Crippen molar-refractivity contribution in [1.29, 1.82) is 0 Å². The van der Waals surface area contributed by atoms with Gasteiger partial charge in [0.25, 0.3) is 0 Å². The van der Waals surface area contributed by atoms with Gasteiger partial charge in [0, 0.05) is 19.0 Å². The number of amides is 1. The molecule has 7 heteroatoms. The summed E-state index contributed by atoms with van der Waals surface area (Å²) in [5, 5.41) is 0. The van der Waals surface area contributed by atoms with E-state index in [2.05, 4.69) is 4.72 Å². The minimum Gasteiger partial charge on any atom is -0.342 e. The van der Waals surface area contributed by atoms with Crippen LogP contribution in [-0.2, 0) is 21.2 Å². The van der Waals surface area contributed by atoms with Crippen molar-refractivity contribution in [2.24, 2.45) is 0 Å². The quantitative estimate of drug-likeness (QED) is 0.735. The summed E-state index contributed by atoms with van der Waals surface area (Å²) in [6, 6.07) is 6.49. The molecular formula is C14H21ClN2O3S. The van der Waals surface area contributed by atoms with Crippen LogP contribution in [0.2, 0.25) is 0 Å². The Morgan fingerprint density at radius 2 is 1.76 bits per heavy atom. The Hall–Kier alpha value is -1.11. The Balaban J connectivity index is 2.71. The monoisotopic (exact) mass is 332 g/mol. The molecule has 0 aliphatic carbocycles. The molecule has 0 saturated heterocycles. The van der Waals surface area contributed by atoms with Crippen LogP contribution >= 0.6 is 11.6 Å². The van der Waals surface area contributed by atoms with Gasteiger partial charge in [-0.3, -0.25) is 4.79 Å². The van der Waals surface area contributed by atoms with Gasteiger partial charge in [-0.15, -0.1) is 11.6 Å². The van der Waals surface area contributed by atoms with Crippen molar-refractivity contribution in [2.75, 3.05) is 25.5 Å². The third-order valence-electron chi connectivity index (χ3n) is 3.15. The molecule has 1 aromatic carbocycles. The van der Waals surface area contributed by atoms with Gasteiger partial charge in [-0.2, -0.15) is 0 Å². The summed E-state index contributed by atoms with van der Waals surface area (Å²) in [4.78, 5) is 13.5. The van der Waals surface area contributed by atoms with E-state index in [-0.39, 0.29) is 17.3 Å². The number of aryl methyl sites for hydroxylation is 1. The standard InChI is InChI=1S/C14H21ClN2O3S/c1-3-17(4-2)14(18)11-16-21(19,20)13-7-5-12(6-8-13)9-10-15/h5-8,16H,3-4,9-11H2,1-2H3. The highest BCUT2D eigenvalue weighted by atomic mass is 35.5. The number of alkyl halides is 1. The van der Waals surface area contributed by atoms with Crippen molar-refractivity contribution in [3.8, 4) is 0 Å². The summed E-state index contributed by atoms with van der Waals surface area (Å²) in [5.74, 6) is 0.255. The zero-order chi connectivity index (χ0) is 15.9. The van der Waals surface area contributed by atoms with Gasteiger partial charge >= 0.3 is 0 Å². The molecule has 1 N–H and O–H groups in total. The van der Waals surface area contributed by atoms with Crippen LogP contribution in [0.15, 0.2) is 29.2 Å². The van der Waals surface area contributed by atoms with Crippen molar-refractivity contribution < 1.29 is 13.2 Å². The van der Waals surface area contributed by atoms with Gasteiger partial charge in [-0.05, 0) is 38.0 Å². The first-order chi connectivity index (χ1) is 9.94. The van der Waals surface area contributed by atoms with Crippen LogP contribution in [0.3, 0.4) is 0 Å². The molecule has 21 heavy (non-hydrogen) atoms. The number of rotatable bonds is 8. The average molecular weight is 333 g/mol. The van der Waals surface area contributed by atoms with E-state index in [0.717, 1.165) is 5.56 Å². The molecule has 1 amide bonds. The number of carbonyl (C=O) groups excluding carboxylic acids is 1. The number of sulfonamides is 1. The molecule has 0 aliphatic rings. The normalized spacial score (nSPS) is 11.4. The second-order valence-corrected chi connectivity index (χ2v) is 6.62. The van der Waals surface area contributed by atoms with Gasteiger partial charge in [-0.25, -0.2) is 13.1 Å². The van der Waals surface area contributed by atoms with Crippen LogP contribution in [-0.4, -0.2) is 44.7 Å². The van der Waals surface area contributed by atoms with Crippen LogP contribution in [0.1, 0.15) is 19.4 Å². The fraction of sp³-hybridized carbons (Fsp3) is 0.500. The van der Waals surface area contributed by atoms with Crippen LogP contribution in [0.4, 0.5) is 0 Å². The van der Waals surface area contributed by atoms with Crippen LogP contribution < -0.4 is 4.72 Å². The van der Waals surface area contributed by atoms with E-state index in [0.29, 0.717) is 25.4 Å². The van der Waals surface area contributed by atoms with Gasteiger partial charge in [0.2, 0.25) is 15.9 Å². The van der Waals surface area contributed by atoms with E-state index in [1.54, 1.807) is 17.0 Å². The Kier molecular flexibility index (Phi) is 7.14. The molecular weight excluding hydrogens is 312 g/mol. The highest BCUT2D eigenvalue weighted by molar-refractivity contribution is 7.89. The van der Waals surface area contributed by atoms with Crippen molar-refractivity contribution >= 4 is 27.5 Å². The molecule has 5 nitrogen and oxygen atoms in total. The predicted molar refractivity (Wildman–Crippen MR) is 84.0 cm³/mol. The SMILES string of the molecule is CCN(CC)C(=O)CNS(=O)(=O)c1ccc(CCCl)cc1. The van der Waals surface area contributed by atoms with Crippen LogP contribution in [0.5, 0.6) is 0 Å². The van der Waals surface area contributed by atoms with E-state index in [9.17, 15) is 13.2 Å². The summed E-state index contributed by atoms with van der Waals surface area (Å²) in [7, 11) is -3.67. The number of likely N-dealkylation sites (N-methyl/N-ethyl adjacent to an activating group) is 1. The molecule has 1 aromatic rings. The molecule has 0 bridgehead atoms. The lowest BCUT2D eigenvalue weighted by Crippen LogP contribution is -2.39. The summed E-state index contributed by atoms with van der Waals surface area (Å²) < 4.78 is 26.5. The lowest BCUT2D eigenvalue weighted by atomic mass is 10.2. The second-order valence-electron chi connectivity index (χ2n) is 4.47. The molecule has 0 heterocycles. The largest absolute Gasteiger partial charge is 0.342 e. The van der Waals surface area contributed by atoms with E-state index < -0.39 is 10.0 Å².